The first-order valence-electron chi connectivity index (χ1n) is 11.0. The molecule has 0 radical (unpaired) electrons. The van der Waals surface area contributed by atoms with Gasteiger partial charge < -0.3 is 9.30 Å². The maximum absolute atomic E-state index is 13.6. The molecule has 186 valence electrons. The summed E-state index contributed by atoms with van der Waals surface area (Å²) >= 11 is 0. The van der Waals surface area contributed by atoms with E-state index in [0.717, 1.165) is 11.0 Å². The molecule has 2 aromatic carbocycles. The molecule has 0 unspecified atom stereocenters. The second-order valence-electron chi connectivity index (χ2n) is 8.07. The second kappa shape index (κ2) is 9.37. The number of aromatic nitrogens is 1. The SMILES string of the molecule is CCOc1cccc(N2C(=O)NC(=O)C(=Cc3cc(C)n(-c4ccccc4C(F)(F)F)c3C)C2=O)c1. The van der Waals surface area contributed by atoms with Gasteiger partial charge in [0.15, 0.2) is 0 Å². The first kappa shape index (κ1) is 24.8. The summed E-state index contributed by atoms with van der Waals surface area (Å²) in [5.41, 5.74) is 0.195. The second-order valence-corrected chi connectivity index (χ2v) is 8.07. The van der Waals surface area contributed by atoms with Crippen LogP contribution in [0.3, 0.4) is 0 Å². The Morgan fingerprint density at radius 3 is 2.42 bits per heavy atom. The molecular formula is C26H22F3N3O4. The predicted molar refractivity (Wildman–Crippen MR) is 127 cm³/mol. The van der Waals surface area contributed by atoms with Gasteiger partial charge in [-0.2, -0.15) is 13.2 Å². The van der Waals surface area contributed by atoms with Gasteiger partial charge in [-0.3, -0.25) is 14.9 Å². The summed E-state index contributed by atoms with van der Waals surface area (Å²) in [6.07, 6.45) is -3.30. The minimum absolute atomic E-state index is 0.0754. The van der Waals surface area contributed by atoms with E-state index >= 15 is 0 Å². The molecule has 1 aromatic heterocycles. The maximum Gasteiger partial charge on any atom is 0.418 e. The van der Waals surface area contributed by atoms with E-state index in [1.807, 2.05) is 0 Å². The number of aryl methyl sites for hydroxylation is 1. The molecule has 1 fully saturated rings. The lowest BCUT2D eigenvalue weighted by Crippen LogP contribution is -2.54. The Balaban J connectivity index is 1.78. The Morgan fingerprint density at radius 1 is 1.00 bits per heavy atom. The van der Waals surface area contributed by atoms with E-state index in [9.17, 15) is 27.6 Å². The van der Waals surface area contributed by atoms with Crippen LogP contribution in [0, 0.1) is 13.8 Å². The number of alkyl halides is 3. The van der Waals surface area contributed by atoms with Crippen LogP contribution < -0.4 is 15.0 Å². The Bertz CT molecular complexity index is 1410. The van der Waals surface area contributed by atoms with Crippen molar-refractivity contribution >= 4 is 29.6 Å². The van der Waals surface area contributed by atoms with Crippen molar-refractivity contribution < 1.29 is 32.3 Å². The van der Waals surface area contributed by atoms with Crippen molar-refractivity contribution in [3.63, 3.8) is 0 Å². The summed E-state index contributed by atoms with van der Waals surface area (Å²) < 4.78 is 47.7. The van der Waals surface area contributed by atoms with Crippen LogP contribution in [0.5, 0.6) is 5.75 Å². The molecule has 0 spiro atoms. The highest BCUT2D eigenvalue weighted by atomic mass is 19.4. The lowest BCUT2D eigenvalue weighted by atomic mass is 10.1. The number of hydrogen-bond donors (Lipinski definition) is 1. The molecule has 1 aliphatic rings. The van der Waals surface area contributed by atoms with Crippen molar-refractivity contribution in [3.05, 3.63) is 82.7 Å². The zero-order valence-corrected chi connectivity index (χ0v) is 19.6. The number of rotatable bonds is 5. The van der Waals surface area contributed by atoms with Gasteiger partial charge in [0.05, 0.1) is 23.5 Å². The number of nitrogens with zero attached hydrogens (tertiary/aromatic N) is 2. The topological polar surface area (TPSA) is 80.6 Å². The number of barbiturate groups is 1. The minimum Gasteiger partial charge on any atom is -0.494 e. The molecule has 0 saturated carbocycles. The van der Waals surface area contributed by atoms with Crippen LogP contribution in [-0.2, 0) is 15.8 Å². The number of benzene rings is 2. The van der Waals surface area contributed by atoms with Gasteiger partial charge >= 0.3 is 12.2 Å². The van der Waals surface area contributed by atoms with Crippen LogP contribution in [0.25, 0.3) is 11.8 Å². The van der Waals surface area contributed by atoms with Crippen LogP contribution in [0.15, 0.2) is 60.2 Å². The van der Waals surface area contributed by atoms with Gasteiger partial charge in [0, 0.05) is 17.5 Å². The van der Waals surface area contributed by atoms with E-state index in [4.69, 9.17) is 4.74 Å². The average Bonchev–Trinajstić information content (AvgIpc) is 3.09. The fourth-order valence-electron chi connectivity index (χ4n) is 4.14. The Morgan fingerprint density at radius 2 is 1.72 bits per heavy atom. The highest BCUT2D eigenvalue weighted by Gasteiger charge is 2.38. The molecule has 4 rings (SSSR count). The van der Waals surface area contributed by atoms with E-state index in [2.05, 4.69) is 5.32 Å². The quantitative estimate of drug-likeness (QED) is 0.389. The molecule has 0 atom stereocenters. The third-order valence-corrected chi connectivity index (χ3v) is 5.71. The Hall–Kier alpha value is -4.34. The van der Waals surface area contributed by atoms with Crippen molar-refractivity contribution in [1.82, 2.24) is 9.88 Å². The molecule has 0 aliphatic carbocycles. The van der Waals surface area contributed by atoms with Crippen LogP contribution in [0.4, 0.5) is 23.7 Å². The van der Waals surface area contributed by atoms with Crippen molar-refractivity contribution in [2.75, 3.05) is 11.5 Å². The lowest BCUT2D eigenvalue weighted by molar-refractivity contribution is -0.137. The average molecular weight is 497 g/mol. The molecule has 3 aromatic rings. The normalized spacial score (nSPS) is 15.4. The van der Waals surface area contributed by atoms with Gasteiger partial charge in [-0.15, -0.1) is 0 Å². The molecule has 0 bridgehead atoms. The number of halogens is 3. The Labute approximate surface area is 204 Å². The van der Waals surface area contributed by atoms with Gasteiger partial charge in [0.25, 0.3) is 11.8 Å². The van der Waals surface area contributed by atoms with Gasteiger partial charge in [-0.25, -0.2) is 9.69 Å². The van der Waals surface area contributed by atoms with Crippen LogP contribution >= 0.6 is 0 Å². The van der Waals surface area contributed by atoms with E-state index < -0.39 is 29.6 Å². The summed E-state index contributed by atoms with van der Waals surface area (Å²) in [6.45, 7) is 5.38. The first-order valence-corrected chi connectivity index (χ1v) is 11.0. The molecule has 2 heterocycles. The maximum atomic E-state index is 13.6. The molecule has 1 aliphatic heterocycles. The van der Waals surface area contributed by atoms with Crippen LogP contribution in [-0.4, -0.2) is 29.0 Å². The van der Waals surface area contributed by atoms with Gasteiger partial charge in [0.1, 0.15) is 11.3 Å². The standard InChI is InChI=1S/C26H22F3N3O4/c1-4-36-19-9-7-8-18(14-19)32-24(34)20(23(33)30-25(32)35)13-17-12-15(2)31(16(17)3)22-11-6-5-10-21(22)26(27,28)29/h5-14H,4H2,1-3H3,(H,30,33,35). The van der Waals surface area contributed by atoms with Crippen LogP contribution in [0.1, 0.15) is 29.4 Å². The van der Waals surface area contributed by atoms with Gasteiger partial charge in [-0.1, -0.05) is 18.2 Å². The zero-order chi connectivity index (χ0) is 26.2. The summed E-state index contributed by atoms with van der Waals surface area (Å²) in [5.74, 6) is -1.33. The van der Waals surface area contributed by atoms with Gasteiger partial charge in [-0.05, 0) is 62.7 Å². The Kier molecular flexibility index (Phi) is 6.45. The monoisotopic (exact) mass is 497 g/mol. The number of para-hydroxylation sites is 1. The fraction of sp³-hybridized carbons (Fsp3) is 0.192. The number of ether oxygens (including phenoxy) is 1. The molecule has 36 heavy (non-hydrogen) atoms. The molecule has 10 heteroatoms. The number of hydrogen-bond acceptors (Lipinski definition) is 4. The summed E-state index contributed by atoms with van der Waals surface area (Å²) in [5, 5.41) is 2.14. The number of carbonyl (C=O) groups is 3. The zero-order valence-electron chi connectivity index (χ0n) is 19.6. The predicted octanol–water partition coefficient (Wildman–Crippen LogP) is 5.18. The molecular weight excluding hydrogens is 475 g/mol. The lowest BCUT2D eigenvalue weighted by Gasteiger charge is -2.26. The molecule has 1 saturated heterocycles. The first-order chi connectivity index (χ1) is 17.0. The summed E-state index contributed by atoms with van der Waals surface area (Å²) in [4.78, 5) is 39.2. The molecule has 1 N–H and O–H groups in total. The van der Waals surface area contributed by atoms with E-state index in [1.54, 1.807) is 39.0 Å². The molecule has 4 amide bonds. The van der Waals surface area contributed by atoms with E-state index in [0.29, 0.717) is 29.3 Å². The number of amides is 4. The van der Waals surface area contributed by atoms with Gasteiger partial charge in [0.2, 0.25) is 0 Å². The van der Waals surface area contributed by atoms with Crippen molar-refractivity contribution in [1.29, 1.82) is 0 Å². The minimum atomic E-state index is -4.57. The smallest absolute Gasteiger partial charge is 0.418 e. The summed E-state index contributed by atoms with van der Waals surface area (Å²) in [7, 11) is 0. The number of carbonyl (C=O) groups excluding carboxylic acids is 3. The van der Waals surface area contributed by atoms with E-state index in [-0.39, 0.29) is 16.9 Å². The third kappa shape index (κ3) is 4.49. The van der Waals surface area contributed by atoms with Crippen molar-refractivity contribution in [3.8, 4) is 11.4 Å². The number of nitrogens with one attached hydrogen (secondary N) is 1. The van der Waals surface area contributed by atoms with Crippen LogP contribution in [0.2, 0.25) is 0 Å². The van der Waals surface area contributed by atoms with Crippen molar-refractivity contribution in [2.45, 2.75) is 26.9 Å². The number of imide groups is 2. The number of anilines is 1. The fourth-order valence-corrected chi connectivity index (χ4v) is 4.14. The highest BCUT2D eigenvalue weighted by Crippen LogP contribution is 2.36. The largest absolute Gasteiger partial charge is 0.494 e. The van der Waals surface area contributed by atoms with Crippen molar-refractivity contribution in [2.24, 2.45) is 0 Å². The highest BCUT2D eigenvalue weighted by molar-refractivity contribution is 6.39. The number of urea groups is 1. The molecule has 7 nitrogen and oxygen atoms in total. The van der Waals surface area contributed by atoms with E-state index in [1.165, 1.54) is 41.0 Å². The summed E-state index contributed by atoms with van der Waals surface area (Å²) in [6, 6.07) is 12.1. The third-order valence-electron chi connectivity index (χ3n) is 5.71.